The number of thiocarbonyl (C=S) groups is 1. The smallest absolute Gasteiger partial charge is 0.335 e. The molecule has 1 aromatic rings. The summed E-state index contributed by atoms with van der Waals surface area (Å²) in [5.41, 5.74) is 0.191. The molecule has 0 bridgehead atoms. The maximum Gasteiger partial charge on any atom is 0.335 e. The van der Waals surface area contributed by atoms with E-state index < -0.39 is 17.1 Å². The van der Waals surface area contributed by atoms with Gasteiger partial charge in [-0.1, -0.05) is 35.6 Å². The summed E-state index contributed by atoms with van der Waals surface area (Å²) in [4.78, 5) is 34.3. The number of benzene rings is 1. The maximum absolute atomic E-state index is 11.9. The van der Waals surface area contributed by atoms with Crippen molar-refractivity contribution in [3.63, 3.8) is 0 Å². The number of carboxylic acid groups (broad SMARTS) is 1. The Balaban J connectivity index is 2.06. The van der Waals surface area contributed by atoms with Crippen LogP contribution in [0, 0.1) is 0 Å². The summed E-state index contributed by atoms with van der Waals surface area (Å²) in [5, 5.41) is 13.5. The third-order valence-electron chi connectivity index (χ3n) is 2.63. The molecule has 1 heterocycles. The Kier molecular flexibility index (Phi) is 4.81. The highest BCUT2D eigenvalue weighted by Gasteiger charge is 2.31. The number of nitrogens with one attached hydrogen (secondary N) is 2. The first-order valence-corrected chi connectivity index (χ1v) is 7.37. The molecule has 1 atom stereocenters. The SMILES string of the molecule is O=C(C[C@H]1SC(=S)NC1=O)Nc1cc(C(=O)O)ccc1Cl. The average Bonchev–Trinajstić information content (AvgIpc) is 2.70. The van der Waals surface area contributed by atoms with Crippen LogP contribution in [0.1, 0.15) is 16.8 Å². The van der Waals surface area contributed by atoms with E-state index in [1.54, 1.807) is 0 Å². The van der Waals surface area contributed by atoms with Crippen molar-refractivity contribution in [3.8, 4) is 0 Å². The minimum Gasteiger partial charge on any atom is -0.478 e. The van der Waals surface area contributed by atoms with Gasteiger partial charge in [0.25, 0.3) is 0 Å². The molecular weight excluding hydrogens is 336 g/mol. The van der Waals surface area contributed by atoms with Gasteiger partial charge in [-0.05, 0) is 18.2 Å². The first-order chi connectivity index (χ1) is 9.86. The molecule has 2 amide bonds. The summed E-state index contributed by atoms with van der Waals surface area (Å²) in [7, 11) is 0. The summed E-state index contributed by atoms with van der Waals surface area (Å²) in [6.07, 6.45) is -0.0791. The fourth-order valence-corrected chi connectivity index (χ4v) is 3.08. The molecule has 1 saturated heterocycles. The molecule has 21 heavy (non-hydrogen) atoms. The van der Waals surface area contributed by atoms with Crippen LogP contribution in [0.25, 0.3) is 0 Å². The molecule has 1 aromatic carbocycles. The van der Waals surface area contributed by atoms with E-state index in [1.165, 1.54) is 18.2 Å². The van der Waals surface area contributed by atoms with Crippen LogP contribution in [-0.2, 0) is 9.59 Å². The number of thioether (sulfide) groups is 1. The van der Waals surface area contributed by atoms with Crippen LogP contribution in [0.5, 0.6) is 0 Å². The predicted molar refractivity (Wildman–Crippen MR) is 83.8 cm³/mol. The number of aromatic carboxylic acids is 1. The molecule has 1 fully saturated rings. The van der Waals surface area contributed by atoms with Crippen molar-refractivity contribution in [1.29, 1.82) is 0 Å². The molecule has 1 aliphatic rings. The molecule has 0 radical (unpaired) electrons. The van der Waals surface area contributed by atoms with E-state index in [0.29, 0.717) is 4.32 Å². The van der Waals surface area contributed by atoms with Gasteiger partial charge in [0.2, 0.25) is 11.8 Å². The highest BCUT2D eigenvalue weighted by Crippen LogP contribution is 2.26. The fourth-order valence-electron chi connectivity index (χ4n) is 1.65. The van der Waals surface area contributed by atoms with Crippen molar-refractivity contribution in [2.45, 2.75) is 11.7 Å². The standard InChI is InChI=1S/C12H9ClN2O4S2/c13-6-2-1-5(11(18)19)3-7(6)14-9(16)4-8-10(17)15-12(20)21-8/h1-3,8H,4H2,(H,14,16)(H,18,19)(H,15,17,20)/t8-/m1/s1. The number of hydrogen-bond donors (Lipinski definition) is 3. The van der Waals surface area contributed by atoms with Gasteiger partial charge in [0, 0.05) is 6.42 Å². The van der Waals surface area contributed by atoms with Gasteiger partial charge in [0.1, 0.15) is 4.32 Å². The second-order valence-corrected chi connectivity index (χ2v) is 6.42. The van der Waals surface area contributed by atoms with Gasteiger partial charge in [-0.2, -0.15) is 0 Å². The Hall–Kier alpha value is -1.64. The van der Waals surface area contributed by atoms with E-state index in [4.69, 9.17) is 28.9 Å². The quantitative estimate of drug-likeness (QED) is 0.722. The van der Waals surface area contributed by atoms with Crippen LogP contribution >= 0.6 is 35.6 Å². The number of carbonyl (C=O) groups is 3. The van der Waals surface area contributed by atoms with Gasteiger partial charge >= 0.3 is 5.97 Å². The van der Waals surface area contributed by atoms with Gasteiger partial charge < -0.3 is 15.7 Å². The van der Waals surface area contributed by atoms with Gasteiger partial charge in [0.05, 0.1) is 21.5 Å². The molecule has 110 valence electrons. The predicted octanol–water partition coefficient (Wildman–Crippen LogP) is 1.88. The van der Waals surface area contributed by atoms with Crippen molar-refractivity contribution in [1.82, 2.24) is 5.32 Å². The second kappa shape index (κ2) is 6.42. The van der Waals surface area contributed by atoms with Crippen molar-refractivity contribution < 1.29 is 19.5 Å². The van der Waals surface area contributed by atoms with Crippen molar-refractivity contribution in [3.05, 3.63) is 28.8 Å². The van der Waals surface area contributed by atoms with Crippen LogP contribution in [0.4, 0.5) is 5.69 Å². The van der Waals surface area contributed by atoms with Crippen molar-refractivity contribution in [2.24, 2.45) is 0 Å². The zero-order chi connectivity index (χ0) is 15.6. The molecule has 0 spiro atoms. The minimum absolute atomic E-state index is 0.00358. The van der Waals surface area contributed by atoms with Crippen LogP contribution in [0.2, 0.25) is 5.02 Å². The number of carbonyl (C=O) groups excluding carboxylic acids is 2. The topological polar surface area (TPSA) is 95.5 Å². The highest BCUT2D eigenvalue weighted by molar-refractivity contribution is 8.24. The third kappa shape index (κ3) is 3.93. The minimum atomic E-state index is -1.13. The molecule has 0 saturated carbocycles. The van der Waals surface area contributed by atoms with E-state index >= 15 is 0 Å². The highest BCUT2D eigenvalue weighted by atomic mass is 35.5. The summed E-state index contributed by atoms with van der Waals surface area (Å²) in [6.45, 7) is 0. The Morgan fingerprint density at radius 2 is 2.19 bits per heavy atom. The van der Waals surface area contributed by atoms with E-state index in [9.17, 15) is 14.4 Å². The Morgan fingerprint density at radius 1 is 1.48 bits per heavy atom. The van der Waals surface area contributed by atoms with Crippen LogP contribution in [0.15, 0.2) is 18.2 Å². The van der Waals surface area contributed by atoms with Gasteiger partial charge in [-0.15, -0.1) is 0 Å². The molecule has 2 rings (SSSR count). The Bertz CT molecular complexity index is 650. The first-order valence-electron chi connectivity index (χ1n) is 5.71. The molecule has 3 N–H and O–H groups in total. The lowest BCUT2D eigenvalue weighted by Crippen LogP contribution is -2.27. The van der Waals surface area contributed by atoms with Crippen molar-refractivity contribution in [2.75, 3.05) is 5.32 Å². The first kappa shape index (κ1) is 15.7. The molecular formula is C12H9ClN2O4S2. The second-order valence-electron chi connectivity index (χ2n) is 4.14. The number of halogens is 1. The molecule has 6 nitrogen and oxygen atoms in total. The van der Waals surface area contributed by atoms with E-state index in [1.807, 2.05) is 0 Å². The number of anilines is 1. The van der Waals surface area contributed by atoms with E-state index in [-0.39, 0.29) is 28.6 Å². The summed E-state index contributed by atoms with van der Waals surface area (Å²) in [5.74, 6) is -1.89. The van der Waals surface area contributed by atoms with Crippen molar-refractivity contribution >= 4 is 63.4 Å². The summed E-state index contributed by atoms with van der Waals surface area (Å²) < 4.78 is 0.337. The largest absolute Gasteiger partial charge is 0.478 e. The van der Waals surface area contributed by atoms with E-state index in [2.05, 4.69) is 10.6 Å². The molecule has 1 aliphatic heterocycles. The average molecular weight is 345 g/mol. The molecule has 0 aliphatic carbocycles. The van der Waals surface area contributed by atoms with Crippen LogP contribution in [0.3, 0.4) is 0 Å². The number of carboxylic acids is 1. The molecule has 9 heteroatoms. The zero-order valence-electron chi connectivity index (χ0n) is 10.4. The lowest BCUT2D eigenvalue weighted by atomic mass is 10.2. The normalized spacial score (nSPS) is 17.5. The Morgan fingerprint density at radius 3 is 2.76 bits per heavy atom. The lowest BCUT2D eigenvalue weighted by Gasteiger charge is -2.09. The van der Waals surface area contributed by atoms with Crippen LogP contribution in [-0.4, -0.2) is 32.5 Å². The van der Waals surface area contributed by atoms with Crippen LogP contribution < -0.4 is 10.6 Å². The molecule has 0 unspecified atom stereocenters. The summed E-state index contributed by atoms with van der Waals surface area (Å²) >= 11 is 11.8. The van der Waals surface area contributed by atoms with E-state index in [0.717, 1.165) is 11.8 Å². The fraction of sp³-hybridized carbons (Fsp3) is 0.167. The number of rotatable bonds is 4. The number of amides is 2. The maximum atomic E-state index is 11.9. The zero-order valence-corrected chi connectivity index (χ0v) is 12.8. The lowest BCUT2D eigenvalue weighted by molar-refractivity contribution is -0.122. The van der Waals surface area contributed by atoms with Gasteiger partial charge in [0.15, 0.2) is 0 Å². The Labute approximate surface area is 134 Å². The molecule has 0 aromatic heterocycles. The monoisotopic (exact) mass is 344 g/mol. The van der Waals surface area contributed by atoms with Gasteiger partial charge in [-0.3, -0.25) is 9.59 Å². The number of hydrogen-bond acceptors (Lipinski definition) is 5. The third-order valence-corrected chi connectivity index (χ3v) is 4.33. The van der Waals surface area contributed by atoms with Gasteiger partial charge in [-0.25, -0.2) is 4.79 Å². The summed E-state index contributed by atoms with van der Waals surface area (Å²) in [6, 6.07) is 3.97.